The summed E-state index contributed by atoms with van der Waals surface area (Å²) < 4.78 is 1.87. The van der Waals surface area contributed by atoms with Crippen molar-refractivity contribution in [2.24, 2.45) is 0 Å². The van der Waals surface area contributed by atoms with Crippen molar-refractivity contribution in [3.63, 3.8) is 0 Å². The van der Waals surface area contributed by atoms with Gasteiger partial charge in [-0.1, -0.05) is 30.1 Å². The highest BCUT2D eigenvalue weighted by Crippen LogP contribution is 2.37. The van der Waals surface area contributed by atoms with Crippen LogP contribution in [0.1, 0.15) is 32.6 Å². The predicted molar refractivity (Wildman–Crippen MR) is 111 cm³/mol. The number of halogens is 2. The number of fused-ring (bicyclic) bond motifs is 1. The van der Waals surface area contributed by atoms with Gasteiger partial charge in [-0.25, -0.2) is 14.8 Å². The number of piperidine rings is 1. The third-order valence-electron chi connectivity index (χ3n) is 5.38. The highest BCUT2D eigenvalue weighted by molar-refractivity contribution is 6.45. The van der Waals surface area contributed by atoms with Gasteiger partial charge in [0.2, 0.25) is 0 Å². The minimum absolute atomic E-state index is 0.105. The molecule has 1 saturated heterocycles. The van der Waals surface area contributed by atoms with Crippen LogP contribution < -0.4 is 4.90 Å². The van der Waals surface area contributed by atoms with Gasteiger partial charge in [-0.2, -0.15) is 0 Å². The van der Waals surface area contributed by atoms with Gasteiger partial charge in [0, 0.05) is 29.9 Å². The van der Waals surface area contributed by atoms with Crippen molar-refractivity contribution in [3.05, 3.63) is 47.0 Å². The number of carboxylic acid groups (broad SMARTS) is 1. The quantitative estimate of drug-likeness (QED) is 0.648. The molecule has 1 aliphatic heterocycles. The van der Waals surface area contributed by atoms with E-state index < -0.39 is 12.0 Å². The summed E-state index contributed by atoms with van der Waals surface area (Å²) in [6, 6.07) is 5.02. The lowest BCUT2D eigenvalue weighted by Gasteiger charge is -2.41. The van der Waals surface area contributed by atoms with E-state index in [4.69, 9.17) is 28.2 Å². The maximum Gasteiger partial charge on any atom is 0.326 e. The summed E-state index contributed by atoms with van der Waals surface area (Å²) in [6.45, 7) is 2.07. The van der Waals surface area contributed by atoms with Crippen molar-refractivity contribution in [2.45, 2.75) is 44.7 Å². The third kappa shape index (κ3) is 3.20. The molecule has 2 atom stereocenters. The Morgan fingerprint density at radius 3 is 2.82 bits per heavy atom. The van der Waals surface area contributed by atoms with E-state index in [0.29, 0.717) is 27.8 Å². The number of aliphatic carboxylic acids is 1. The normalized spacial score (nSPS) is 19.9. The molecule has 28 heavy (non-hydrogen) atoms. The molecule has 1 fully saturated rings. The largest absolute Gasteiger partial charge is 0.480 e. The third-order valence-corrected chi connectivity index (χ3v) is 6.18. The molecule has 0 saturated carbocycles. The number of nitrogens with zero attached hydrogens (tertiary/aromatic N) is 4. The molecule has 0 radical (unpaired) electrons. The molecule has 2 aromatic heterocycles. The first-order chi connectivity index (χ1) is 13.5. The van der Waals surface area contributed by atoms with E-state index >= 15 is 0 Å². The lowest BCUT2D eigenvalue weighted by molar-refractivity contribution is -0.139. The first-order valence-electron chi connectivity index (χ1n) is 9.29. The van der Waals surface area contributed by atoms with Crippen molar-refractivity contribution in [3.8, 4) is 5.69 Å². The van der Waals surface area contributed by atoms with Crippen LogP contribution in [0.25, 0.3) is 16.6 Å². The Kier molecular flexibility index (Phi) is 5.17. The predicted octanol–water partition coefficient (Wildman–Crippen LogP) is 4.95. The Morgan fingerprint density at radius 2 is 2.14 bits per heavy atom. The van der Waals surface area contributed by atoms with Crippen molar-refractivity contribution in [1.82, 2.24) is 14.5 Å². The molecule has 3 heterocycles. The molecular weight excluding hydrogens is 399 g/mol. The summed E-state index contributed by atoms with van der Waals surface area (Å²) in [5.41, 5.74) is 1.39. The molecule has 6 nitrogen and oxygen atoms in total. The molecule has 4 rings (SSSR count). The minimum atomic E-state index is -0.832. The average molecular weight is 419 g/mol. The molecule has 0 amide bonds. The fraction of sp³-hybridized carbons (Fsp3) is 0.350. The van der Waals surface area contributed by atoms with Gasteiger partial charge in [-0.3, -0.25) is 0 Å². The first-order valence-corrected chi connectivity index (χ1v) is 10.0. The molecule has 1 aromatic carbocycles. The van der Waals surface area contributed by atoms with Gasteiger partial charge in [0.05, 0.1) is 27.6 Å². The number of hydrogen-bond donors (Lipinski definition) is 1. The van der Waals surface area contributed by atoms with Gasteiger partial charge >= 0.3 is 5.97 Å². The second-order valence-corrected chi connectivity index (χ2v) is 7.77. The van der Waals surface area contributed by atoms with Crippen LogP contribution in [0.15, 0.2) is 36.9 Å². The minimum Gasteiger partial charge on any atom is -0.480 e. The van der Waals surface area contributed by atoms with E-state index in [2.05, 4.69) is 11.9 Å². The van der Waals surface area contributed by atoms with Gasteiger partial charge in [0.25, 0.3) is 0 Å². The summed E-state index contributed by atoms with van der Waals surface area (Å²) in [6.07, 6.45) is 8.48. The zero-order valence-corrected chi connectivity index (χ0v) is 16.9. The monoisotopic (exact) mass is 418 g/mol. The molecule has 0 bridgehead atoms. The molecule has 8 heteroatoms. The van der Waals surface area contributed by atoms with Crippen molar-refractivity contribution >= 4 is 45.9 Å². The average Bonchev–Trinajstić information content (AvgIpc) is 3.24. The van der Waals surface area contributed by atoms with E-state index in [1.54, 1.807) is 18.6 Å². The van der Waals surface area contributed by atoms with Crippen molar-refractivity contribution < 1.29 is 9.90 Å². The Bertz CT molecular complexity index is 1020. The Labute approximate surface area is 172 Å². The van der Waals surface area contributed by atoms with Crippen LogP contribution >= 0.6 is 23.2 Å². The standard InChI is InChI=1S/C20H20Cl2N4O2/c1-2-12-4-3-5-15(20(27)28)26(12)17-10-16(25-9-8-23-11-25)13-6-7-14(21)18(22)19(13)24-17/h6-12,15H,2-5H2,1H3,(H,27,28)/t12-,15-/m0/s1. The van der Waals surface area contributed by atoms with Crippen molar-refractivity contribution in [1.29, 1.82) is 0 Å². The highest BCUT2D eigenvalue weighted by atomic mass is 35.5. The zero-order chi connectivity index (χ0) is 19.8. The Hall–Kier alpha value is -2.31. The summed E-state index contributed by atoms with van der Waals surface area (Å²) in [4.78, 5) is 22.8. The van der Waals surface area contributed by atoms with Gasteiger partial charge in [-0.05, 0) is 37.8 Å². The number of carboxylic acids is 1. The second-order valence-electron chi connectivity index (χ2n) is 6.98. The highest BCUT2D eigenvalue weighted by Gasteiger charge is 2.35. The second kappa shape index (κ2) is 7.60. The topological polar surface area (TPSA) is 71.2 Å². The van der Waals surface area contributed by atoms with Crippen LogP contribution in [-0.4, -0.2) is 37.7 Å². The van der Waals surface area contributed by atoms with Crippen LogP contribution in [0.4, 0.5) is 5.82 Å². The Balaban J connectivity index is 1.98. The molecule has 0 unspecified atom stereocenters. The number of rotatable bonds is 4. The molecule has 146 valence electrons. The fourth-order valence-electron chi connectivity index (χ4n) is 4.02. The first kappa shape index (κ1) is 19.0. The number of benzene rings is 1. The molecule has 0 spiro atoms. The number of imidazole rings is 1. The van der Waals surface area contributed by atoms with E-state index in [9.17, 15) is 9.90 Å². The lowest BCUT2D eigenvalue weighted by Crippen LogP contribution is -2.51. The van der Waals surface area contributed by atoms with E-state index in [1.165, 1.54) is 0 Å². The fourth-order valence-corrected chi connectivity index (χ4v) is 4.38. The van der Waals surface area contributed by atoms with Gasteiger partial charge in [-0.15, -0.1) is 0 Å². The van der Waals surface area contributed by atoms with Gasteiger partial charge < -0.3 is 14.6 Å². The van der Waals surface area contributed by atoms with Gasteiger partial charge in [0.1, 0.15) is 11.9 Å². The molecular formula is C20H20Cl2N4O2. The number of carbonyl (C=O) groups is 1. The summed E-state index contributed by atoms with van der Waals surface area (Å²) in [5.74, 6) is -0.235. The maximum absolute atomic E-state index is 12.0. The molecule has 1 aliphatic rings. The summed E-state index contributed by atoms with van der Waals surface area (Å²) >= 11 is 12.7. The van der Waals surface area contributed by atoms with Crippen molar-refractivity contribution in [2.75, 3.05) is 4.90 Å². The lowest BCUT2D eigenvalue weighted by atomic mass is 9.93. The van der Waals surface area contributed by atoms with Crippen LogP contribution in [0.3, 0.4) is 0 Å². The zero-order valence-electron chi connectivity index (χ0n) is 15.3. The van der Waals surface area contributed by atoms with E-state index in [1.807, 2.05) is 27.8 Å². The smallest absolute Gasteiger partial charge is 0.326 e. The van der Waals surface area contributed by atoms with Gasteiger partial charge in [0.15, 0.2) is 0 Å². The number of aromatic nitrogens is 3. The maximum atomic E-state index is 12.0. The SMILES string of the molecule is CC[C@H]1CCC[C@@H](C(=O)O)N1c1cc(-n2ccnc2)c2ccc(Cl)c(Cl)c2n1. The number of anilines is 1. The van der Waals surface area contributed by atoms with Crippen LogP contribution in [0.2, 0.25) is 10.0 Å². The van der Waals surface area contributed by atoms with E-state index in [-0.39, 0.29) is 6.04 Å². The molecule has 0 aliphatic carbocycles. The molecule has 3 aromatic rings. The van der Waals surface area contributed by atoms with Crippen LogP contribution in [-0.2, 0) is 4.79 Å². The van der Waals surface area contributed by atoms with E-state index in [0.717, 1.165) is 30.3 Å². The number of hydrogen-bond acceptors (Lipinski definition) is 4. The Morgan fingerprint density at radius 1 is 1.32 bits per heavy atom. The van der Waals surface area contributed by atoms with Crippen LogP contribution in [0.5, 0.6) is 0 Å². The summed E-state index contributed by atoms with van der Waals surface area (Å²) in [5, 5.41) is 11.4. The number of pyridine rings is 1. The molecule has 1 N–H and O–H groups in total. The van der Waals surface area contributed by atoms with Crippen LogP contribution in [0, 0.1) is 0 Å². The summed E-state index contributed by atoms with van der Waals surface area (Å²) in [7, 11) is 0.